The van der Waals surface area contributed by atoms with E-state index in [2.05, 4.69) is 5.32 Å². The monoisotopic (exact) mass is 311 g/mol. The highest BCUT2D eigenvalue weighted by Crippen LogP contribution is 2.15. The van der Waals surface area contributed by atoms with Crippen LogP contribution in [0.25, 0.3) is 0 Å². The number of thioether (sulfide) groups is 1. The zero-order valence-electron chi connectivity index (χ0n) is 12.5. The molecule has 0 fully saturated rings. The van der Waals surface area contributed by atoms with E-state index in [0.717, 1.165) is 0 Å². The van der Waals surface area contributed by atoms with Crippen LogP contribution in [-0.2, 0) is 4.79 Å². The first-order valence-electron chi connectivity index (χ1n) is 6.73. The van der Waals surface area contributed by atoms with E-state index in [0.29, 0.717) is 23.5 Å². The number of aliphatic carboxylic acids is 1. The molecule has 21 heavy (non-hydrogen) atoms. The van der Waals surface area contributed by atoms with Gasteiger partial charge in [0.25, 0.3) is 5.91 Å². The lowest BCUT2D eigenvalue weighted by Gasteiger charge is -2.15. The van der Waals surface area contributed by atoms with Crippen LogP contribution in [0.5, 0.6) is 5.75 Å². The highest BCUT2D eigenvalue weighted by Gasteiger charge is 2.20. The van der Waals surface area contributed by atoms with Gasteiger partial charge in [0.15, 0.2) is 0 Å². The van der Waals surface area contributed by atoms with Crippen LogP contribution in [0.1, 0.15) is 30.6 Å². The Labute approximate surface area is 129 Å². The molecule has 5 nitrogen and oxygen atoms in total. The van der Waals surface area contributed by atoms with Gasteiger partial charge < -0.3 is 15.2 Å². The van der Waals surface area contributed by atoms with Crippen molar-refractivity contribution >= 4 is 23.6 Å². The number of rotatable bonds is 8. The standard InChI is InChI=1S/C15H21NO4S/c1-10(2)20-12-6-4-5-11(9-12)14(17)16-13(15(18)19)7-8-21-3/h4-6,9-10,13H,7-8H2,1-3H3,(H,16,17)(H,18,19)/t13-/m0/s1. The minimum absolute atomic E-state index is 0.0108. The van der Waals surface area contributed by atoms with E-state index in [4.69, 9.17) is 9.84 Å². The van der Waals surface area contributed by atoms with Gasteiger partial charge in [-0.1, -0.05) is 6.07 Å². The van der Waals surface area contributed by atoms with Crippen LogP contribution in [0.4, 0.5) is 0 Å². The fraction of sp³-hybridized carbons (Fsp3) is 0.467. The molecular weight excluding hydrogens is 290 g/mol. The van der Waals surface area contributed by atoms with Crippen LogP contribution in [0, 0.1) is 0 Å². The zero-order chi connectivity index (χ0) is 15.8. The summed E-state index contributed by atoms with van der Waals surface area (Å²) in [5.74, 6) is -0.161. The SMILES string of the molecule is CSCC[C@H](NC(=O)c1cccc(OC(C)C)c1)C(=O)O. The lowest BCUT2D eigenvalue weighted by molar-refractivity contribution is -0.139. The smallest absolute Gasteiger partial charge is 0.326 e. The van der Waals surface area contributed by atoms with Gasteiger partial charge in [-0.25, -0.2) is 4.79 Å². The van der Waals surface area contributed by atoms with Crippen LogP contribution in [-0.4, -0.2) is 41.1 Å². The highest BCUT2D eigenvalue weighted by atomic mass is 32.2. The number of benzene rings is 1. The summed E-state index contributed by atoms with van der Waals surface area (Å²) in [4.78, 5) is 23.3. The van der Waals surface area contributed by atoms with E-state index in [1.807, 2.05) is 20.1 Å². The third-order valence-electron chi connectivity index (χ3n) is 2.68. The second kappa shape index (κ2) is 8.56. The molecule has 1 aromatic rings. The van der Waals surface area contributed by atoms with Gasteiger partial charge in [-0.05, 0) is 50.5 Å². The van der Waals surface area contributed by atoms with Crippen LogP contribution in [0.3, 0.4) is 0 Å². The Kier molecular flexibility index (Phi) is 7.08. The molecule has 0 unspecified atom stereocenters. The molecule has 6 heteroatoms. The van der Waals surface area contributed by atoms with Crippen LogP contribution >= 0.6 is 11.8 Å². The lowest BCUT2D eigenvalue weighted by atomic mass is 10.1. The number of carbonyl (C=O) groups is 2. The third kappa shape index (κ3) is 6.08. The molecule has 1 atom stereocenters. The normalized spacial score (nSPS) is 12.0. The first kappa shape index (κ1) is 17.4. The van der Waals surface area contributed by atoms with Crippen molar-refractivity contribution in [2.45, 2.75) is 32.4 Å². The van der Waals surface area contributed by atoms with Gasteiger partial charge in [-0.15, -0.1) is 0 Å². The van der Waals surface area contributed by atoms with Gasteiger partial charge in [-0.2, -0.15) is 11.8 Å². The summed E-state index contributed by atoms with van der Waals surface area (Å²) in [6.07, 6.45) is 2.30. The molecule has 0 radical (unpaired) electrons. The molecule has 0 aliphatic heterocycles. The number of carbonyl (C=O) groups excluding carboxylic acids is 1. The Balaban J connectivity index is 2.75. The highest BCUT2D eigenvalue weighted by molar-refractivity contribution is 7.98. The number of carboxylic acid groups (broad SMARTS) is 1. The lowest BCUT2D eigenvalue weighted by Crippen LogP contribution is -2.41. The van der Waals surface area contributed by atoms with Crippen molar-refractivity contribution in [3.8, 4) is 5.75 Å². The molecule has 0 aliphatic carbocycles. The van der Waals surface area contributed by atoms with E-state index in [-0.39, 0.29) is 6.10 Å². The second-order valence-corrected chi connectivity index (χ2v) is 5.83. The van der Waals surface area contributed by atoms with Gasteiger partial charge >= 0.3 is 5.97 Å². The summed E-state index contributed by atoms with van der Waals surface area (Å²) in [6.45, 7) is 3.80. The molecule has 116 valence electrons. The summed E-state index contributed by atoms with van der Waals surface area (Å²) in [7, 11) is 0. The number of hydrogen-bond acceptors (Lipinski definition) is 4. The largest absolute Gasteiger partial charge is 0.491 e. The number of carboxylic acids is 1. The second-order valence-electron chi connectivity index (χ2n) is 4.84. The molecular formula is C15H21NO4S. The molecule has 0 aromatic heterocycles. The Morgan fingerprint density at radius 2 is 2.10 bits per heavy atom. The Morgan fingerprint density at radius 1 is 1.38 bits per heavy atom. The fourth-order valence-electron chi connectivity index (χ4n) is 1.72. The average Bonchev–Trinajstić information content (AvgIpc) is 2.42. The number of ether oxygens (including phenoxy) is 1. The van der Waals surface area contributed by atoms with E-state index >= 15 is 0 Å². The zero-order valence-corrected chi connectivity index (χ0v) is 13.3. The molecule has 2 N–H and O–H groups in total. The van der Waals surface area contributed by atoms with Crippen molar-refractivity contribution in [2.24, 2.45) is 0 Å². The molecule has 1 rings (SSSR count). The number of nitrogens with one attached hydrogen (secondary N) is 1. The van der Waals surface area contributed by atoms with Gasteiger partial charge in [0.1, 0.15) is 11.8 Å². The van der Waals surface area contributed by atoms with Crippen LogP contribution in [0.15, 0.2) is 24.3 Å². The van der Waals surface area contributed by atoms with Crippen molar-refractivity contribution in [2.75, 3.05) is 12.0 Å². The average molecular weight is 311 g/mol. The maximum absolute atomic E-state index is 12.1. The first-order chi connectivity index (χ1) is 9.93. The van der Waals surface area contributed by atoms with E-state index < -0.39 is 17.9 Å². The Bertz CT molecular complexity index is 490. The third-order valence-corrected chi connectivity index (χ3v) is 3.33. The molecule has 0 heterocycles. The minimum atomic E-state index is -1.02. The molecule has 0 saturated heterocycles. The van der Waals surface area contributed by atoms with Crippen molar-refractivity contribution in [3.63, 3.8) is 0 Å². The topological polar surface area (TPSA) is 75.6 Å². The van der Waals surface area contributed by atoms with Gasteiger partial charge in [0, 0.05) is 5.56 Å². The van der Waals surface area contributed by atoms with Gasteiger partial charge in [0.05, 0.1) is 6.10 Å². The van der Waals surface area contributed by atoms with E-state index in [9.17, 15) is 9.59 Å². The first-order valence-corrected chi connectivity index (χ1v) is 8.12. The maximum Gasteiger partial charge on any atom is 0.326 e. The van der Waals surface area contributed by atoms with Crippen molar-refractivity contribution < 1.29 is 19.4 Å². The predicted molar refractivity (Wildman–Crippen MR) is 84.1 cm³/mol. The predicted octanol–water partition coefficient (Wildman–Crippen LogP) is 2.41. The minimum Gasteiger partial charge on any atom is -0.491 e. The molecule has 0 spiro atoms. The van der Waals surface area contributed by atoms with Gasteiger partial charge in [-0.3, -0.25) is 4.79 Å². The van der Waals surface area contributed by atoms with E-state index in [1.54, 1.807) is 36.0 Å². The van der Waals surface area contributed by atoms with Gasteiger partial charge in [0.2, 0.25) is 0 Å². The van der Waals surface area contributed by atoms with E-state index in [1.165, 1.54) is 0 Å². The summed E-state index contributed by atoms with van der Waals surface area (Å²) in [5, 5.41) is 11.7. The molecule has 1 aromatic carbocycles. The molecule has 1 amide bonds. The summed E-state index contributed by atoms with van der Waals surface area (Å²) < 4.78 is 5.52. The fourth-order valence-corrected chi connectivity index (χ4v) is 2.19. The van der Waals surface area contributed by atoms with Crippen LogP contribution < -0.4 is 10.1 Å². The molecule has 0 saturated carbocycles. The Morgan fingerprint density at radius 3 is 2.67 bits per heavy atom. The summed E-state index contributed by atoms with van der Waals surface area (Å²) >= 11 is 1.54. The quantitative estimate of drug-likeness (QED) is 0.771. The van der Waals surface area contributed by atoms with Crippen molar-refractivity contribution in [1.29, 1.82) is 0 Å². The number of hydrogen-bond donors (Lipinski definition) is 2. The van der Waals surface area contributed by atoms with Crippen molar-refractivity contribution in [3.05, 3.63) is 29.8 Å². The Hall–Kier alpha value is -1.69. The number of amides is 1. The van der Waals surface area contributed by atoms with Crippen LogP contribution in [0.2, 0.25) is 0 Å². The van der Waals surface area contributed by atoms with Crippen molar-refractivity contribution in [1.82, 2.24) is 5.32 Å². The summed E-state index contributed by atoms with van der Waals surface area (Å²) in [6, 6.07) is 5.85. The molecule has 0 aliphatic rings. The maximum atomic E-state index is 12.1. The summed E-state index contributed by atoms with van der Waals surface area (Å²) in [5.41, 5.74) is 0.392. The molecule has 0 bridgehead atoms.